The molecule has 12 heteroatoms. The topological polar surface area (TPSA) is 179 Å². The molecule has 14 rings (SSSR count). The minimum absolute atomic E-state index is 0. The van der Waals surface area contributed by atoms with Gasteiger partial charge in [0, 0.05) is 94.3 Å². The van der Waals surface area contributed by atoms with Crippen molar-refractivity contribution in [2.24, 2.45) is 20.0 Å². The number of H-pyrrole nitrogens is 2. The second-order valence-electron chi connectivity index (χ2n) is 20.8. The molecule has 0 spiro atoms. The van der Waals surface area contributed by atoms with Crippen molar-refractivity contribution in [3.63, 3.8) is 0 Å². The van der Waals surface area contributed by atoms with Gasteiger partial charge in [0.1, 0.15) is 0 Å². The van der Waals surface area contributed by atoms with Crippen LogP contribution >= 0.6 is 0 Å². The van der Waals surface area contributed by atoms with Gasteiger partial charge < -0.3 is 30.9 Å². The van der Waals surface area contributed by atoms with Crippen molar-refractivity contribution >= 4 is 90.7 Å². The number of nitrogens with zero attached hydrogens (tertiary/aromatic N) is 7. The second-order valence-corrected chi connectivity index (χ2v) is 20.8. The molecular weight excluding hydrogens is 1300 g/mol. The maximum atomic E-state index is 5.18. The Bertz CT molecular complexity index is 3790. The van der Waals surface area contributed by atoms with Gasteiger partial charge in [0.2, 0.25) is 0 Å². The molecular formula is C75H67N9O2U-6. The molecule has 0 saturated heterocycles. The van der Waals surface area contributed by atoms with E-state index in [1.807, 2.05) is 116 Å². The Balaban J connectivity index is 0.000000401. The summed E-state index contributed by atoms with van der Waals surface area (Å²) in [6.45, 7) is 8.94. The van der Waals surface area contributed by atoms with Crippen LogP contribution in [0, 0.1) is 31.1 Å². The van der Waals surface area contributed by atoms with Crippen LogP contribution in [0.2, 0.25) is 0 Å². The number of benzene rings is 8. The third-order valence-electron chi connectivity index (χ3n) is 16.1. The van der Waals surface area contributed by atoms with Crippen molar-refractivity contribution in [2.45, 2.75) is 64.2 Å². The zero-order chi connectivity index (χ0) is 57.6. The van der Waals surface area contributed by atoms with Crippen LogP contribution in [-0.4, -0.2) is 39.8 Å². The molecule has 2 N–H and O–H groups in total. The molecule has 0 aliphatic carbocycles. The van der Waals surface area contributed by atoms with Gasteiger partial charge in [-0.15, -0.1) is 11.4 Å². The van der Waals surface area contributed by atoms with E-state index in [1.165, 1.54) is 0 Å². The molecule has 6 heterocycles. The molecule has 0 radical (unpaired) electrons. The summed E-state index contributed by atoms with van der Waals surface area (Å²) in [6, 6.07) is 80.8. The first-order valence-electron chi connectivity index (χ1n) is 29.0. The van der Waals surface area contributed by atoms with Gasteiger partial charge in [-0.25, -0.2) is 0 Å². The molecule has 0 saturated carbocycles. The van der Waals surface area contributed by atoms with Gasteiger partial charge in [-0.05, 0) is 138 Å². The molecule has 12 bridgehead atoms. The molecule has 8 aromatic carbocycles. The van der Waals surface area contributed by atoms with E-state index in [2.05, 4.69) is 188 Å². The van der Waals surface area contributed by atoms with Crippen LogP contribution in [0.1, 0.15) is 98.9 Å². The number of pyridine rings is 1. The zero-order valence-corrected chi connectivity index (χ0v) is 53.4. The van der Waals surface area contributed by atoms with Gasteiger partial charge in [0.05, 0.1) is 46.6 Å². The molecule has 0 atom stereocenters. The molecule has 1 aliphatic heterocycles. The van der Waals surface area contributed by atoms with Gasteiger partial charge >= 0.3 is 0 Å². The van der Waals surface area contributed by atoms with E-state index in [-0.39, 0.29) is 52.9 Å². The quantitative estimate of drug-likeness (QED) is 0.167. The molecule has 13 aromatic rings. The molecule has 0 amide bonds. The van der Waals surface area contributed by atoms with E-state index in [9.17, 15) is 0 Å². The van der Waals surface area contributed by atoms with Gasteiger partial charge in [-0.2, -0.15) is 11.4 Å². The number of nitrogens with one attached hydrogen (secondary N) is 2. The predicted octanol–water partition coefficient (Wildman–Crippen LogP) is 18.6. The monoisotopic (exact) mass is 1360 g/mol. The summed E-state index contributed by atoms with van der Waals surface area (Å²) < 4.78 is 0. The van der Waals surface area contributed by atoms with Gasteiger partial charge in [-0.3, -0.25) is 25.0 Å². The Labute approximate surface area is 532 Å². The summed E-state index contributed by atoms with van der Waals surface area (Å²) in [6.07, 6.45) is 14.7. The number of fused-ring (bicyclic) bond motifs is 8. The van der Waals surface area contributed by atoms with Crippen molar-refractivity contribution < 1.29 is 42.1 Å². The minimum atomic E-state index is -0.361. The number of hydrogen-bond donors (Lipinski definition) is 2. The molecule has 0 unspecified atom stereocenters. The third-order valence-corrected chi connectivity index (χ3v) is 16.1. The van der Waals surface area contributed by atoms with Crippen molar-refractivity contribution in [1.29, 1.82) is 0 Å². The number of aromatic nitrogens is 5. The molecule has 434 valence electrons. The maximum Gasteiger partial charge on any atom is 0.0709 e. The van der Waals surface area contributed by atoms with Crippen molar-refractivity contribution in [2.75, 3.05) is 0 Å². The SMILES string of the molecule is CCC1(CC)c2ccc([n-]2)C=Nc2cccc3cc4cccc(c4cc23)N=Cc2ccc([nH]2)C(CC)(CC)c2ccc([nH]2)C=Nc2cccc3cc4cccc(c4cc23)N=Cc2ccc1[n-]2.[O-2].[O-2].[U].c1ccccc1.c1ccccc1.c1ccncc1. The number of rotatable bonds is 4. The van der Waals surface area contributed by atoms with Crippen LogP contribution in [0.5, 0.6) is 0 Å². The summed E-state index contributed by atoms with van der Waals surface area (Å²) in [7, 11) is 0. The number of aromatic amines is 2. The summed E-state index contributed by atoms with van der Waals surface area (Å²) in [5.74, 6) is 0. The van der Waals surface area contributed by atoms with E-state index in [4.69, 9.17) is 29.9 Å². The smallest absolute Gasteiger partial charge is 0.0709 e. The van der Waals surface area contributed by atoms with E-state index >= 15 is 0 Å². The average molecular weight is 1360 g/mol. The van der Waals surface area contributed by atoms with Crippen molar-refractivity contribution in [3.05, 3.63) is 295 Å². The van der Waals surface area contributed by atoms with Crippen molar-refractivity contribution in [1.82, 2.24) is 24.9 Å². The van der Waals surface area contributed by atoms with E-state index in [1.54, 1.807) is 12.4 Å². The summed E-state index contributed by atoms with van der Waals surface area (Å²) >= 11 is 0. The van der Waals surface area contributed by atoms with Gasteiger partial charge in [0.25, 0.3) is 0 Å². The number of aliphatic imine (C=N–C) groups is 4. The largest absolute Gasteiger partial charge is 2.00 e. The van der Waals surface area contributed by atoms with Crippen LogP contribution in [0.15, 0.2) is 269 Å². The van der Waals surface area contributed by atoms with Crippen molar-refractivity contribution in [3.8, 4) is 0 Å². The van der Waals surface area contributed by atoms with E-state index in [0.29, 0.717) is 0 Å². The fourth-order valence-corrected chi connectivity index (χ4v) is 11.3. The summed E-state index contributed by atoms with van der Waals surface area (Å²) in [5.41, 5.74) is 10.7. The fraction of sp³-hybridized carbons (Fsp3) is 0.133. The summed E-state index contributed by atoms with van der Waals surface area (Å²) in [5, 5.41) is 8.74. The first-order chi connectivity index (χ1) is 41.4. The Hall–Kier alpha value is -9.28. The average Bonchev–Trinajstić information content (AvgIpc) is 2.21. The van der Waals surface area contributed by atoms with E-state index < -0.39 is 0 Å². The zero-order valence-electron chi connectivity index (χ0n) is 49.3. The van der Waals surface area contributed by atoms with Gasteiger partial charge in [-0.1, -0.05) is 179 Å². The maximum absolute atomic E-state index is 5.18. The van der Waals surface area contributed by atoms with Crippen LogP contribution < -0.4 is 9.97 Å². The standard InChI is InChI=1S/C58H50N8.2C6H6.C5H5N.2O.U/c1-5-57(6-2)53-25-21-41(63-53)33-59-49-17-9-13-37-29-39-15-11-19-51(47(39)31-45(37)49)61-35-43-23-27-55(65-43)58(7-3,8-4)56-28-24-44(66-56)36-62-52-20-12-16-40-30-38-14-10-18-50(46(38)32-48(40)52)60-34-42-22-26-54(57)64-42;3*1-2-4-6-5-3-1;;;/h9-36,63-64H,5-8H2,1-4H3;2*1-6H;1-5H;;;/q-2;;;;2*-2;. The molecule has 5 aromatic heterocycles. The second kappa shape index (κ2) is 30.2. The van der Waals surface area contributed by atoms with Gasteiger partial charge in [0.15, 0.2) is 0 Å². The van der Waals surface area contributed by atoms with Crippen LogP contribution in [0.3, 0.4) is 0 Å². The van der Waals surface area contributed by atoms with E-state index in [0.717, 1.165) is 137 Å². The first kappa shape index (κ1) is 63.7. The Morgan fingerprint density at radius 2 is 0.655 bits per heavy atom. The first-order valence-corrected chi connectivity index (χ1v) is 29.0. The Morgan fingerprint density at radius 1 is 0.333 bits per heavy atom. The Morgan fingerprint density at radius 3 is 0.954 bits per heavy atom. The molecule has 1 aliphatic rings. The normalized spacial score (nSPS) is 12.7. The Kier molecular flexibility index (Phi) is 22.1. The predicted molar refractivity (Wildman–Crippen MR) is 354 cm³/mol. The molecule has 11 nitrogen and oxygen atoms in total. The third kappa shape index (κ3) is 14.4. The summed E-state index contributed by atoms with van der Waals surface area (Å²) in [4.78, 5) is 41.9. The minimum Gasteiger partial charge on any atom is -2.00 e. The van der Waals surface area contributed by atoms with Crippen LogP contribution in [0.4, 0.5) is 22.7 Å². The van der Waals surface area contributed by atoms with Crippen LogP contribution in [-0.2, 0) is 21.8 Å². The fourth-order valence-electron chi connectivity index (χ4n) is 11.3. The molecule has 0 fully saturated rings. The number of hydrogen-bond acceptors (Lipinski definition) is 5. The van der Waals surface area contributed by atoms with Crippen LogP contribution in [0.25, 0.3) is 43.1 Å². The molecule has 87 heavy (non-hydrogen) atoms.